The average Bonchev–Trinajstić information content (AvgIpc) is 2.25. The maximum absolute atomic E-state index is 10.7. The lowest BCUT2D eigenvalue weighted by atomic mass is 10.3. The van der Waals surface area contributed by atoms with E-state index in [0.717, 1.165) is 0 Å². The summed E-state index contributed by atoms with van der Waals surface area (Å²) < 4.78 is 31.3. The van der Waals surface area contributed by atoms with E-state index in [4.69, 9.17) is 14.7 Å². The van der Waals surface area contributed by atoms with E-state index < -0.39 is 11.1 Å². The van der Waals surface area contributed by atoms with Crippen LogP contribution >= 0.6 is 0 Å². The molecule has 1 aromatic carbocycles. The normalized spacial score (nSPS) is 11.5. The van der Waals surface area contributed by atoms with Gasteiger partial charge in [-0.15, -0.1) is 0 Å². The van der Waals surface area contributed by atoms with Crippen LogP contribution in [-0.2, 0) is 11.1 Å². The summed E-state index contributed by atoms with van der Waals surface area (Å²) >= 11 is -2.32. The van der Waals surface area contributed by atoms with Gasteiger partial charge in [-0.1, -0.05) is 0 Å². The molecule has 0 N–H and O–H groups in total. The highest BCUT2D eigenvalue weighted by molar-refractivity contribution is 7.79. The molecule has 0 bridgehead atoms. The van der Waals surface area contributed by atoms with Gasteiger partial charge in [0.2, 0.25) is 0 Å². The minimum Gasteiger partial charge on any atom is -0.768 e. The van der Waals surface area contributed by atoms with Crippen molar-refractivity contribution in [2.24, 2.45) is 0 Å². The smallest absolute Gasteiger partial charge is 0.174 e. The highest BCUT2D eigenvalue weighted by Gasteiger charge is 2.05. The molecule has 0 amide bonds. The minimum atomic E-state index is -2.32. The van der Waals surface area contributed by atoms with Crippen molar-refractivity contribution in [1.82, 2.24) is 0 Å². The molecule has 0 aliphatic heterocycles. The van der Waals surface area contributed by atoms with Crippen LogP contribution in [0.3, 0.4) is 0 Å². The summed E-state index contributed by atoms with van der Waals surface area (Å²) in [5.41, 5.74) is 0. The molecule has 5 nitrogen and oxygen atoms in total. The van der Waals surface area contributed by atoms with Crippen LogP contribution in [0.2, 0.25) is 0 Å². The number of benzene rings is 1. The summed E-state index contributed by atoms with van der Waals surface area (Å²) in [5.74, 6) is 0.625. The molecule has 0 heterocycles. The first kappa shape index (κ1) is 11.5. The SMILES string of the molecule is COc1ccc(S(=O)[O-])cc1OCC#N. The Balaban J connectivity index is 3.03. The Bertz CT molecular complexity index is 413. The monoisotopic (exact) mass is 226 g/mol. The number of methoxy groups -OCH3 is 1. The van der Waals surface area contributed by atoms with E-state index in [-0.39, 0.29) is 17.3 Å². The van der Waals surface area contributed by atoms with Crippen molar-refractivity contribution in [3.8, 4) is 17.6 Å². The van der Waals surface area contributed by atoms with Gasteiger partial charge in [0.05, 0.1) is 7.11 Å². The first-order valence-corrected chi connectivity index (χ1v) is 5.03. The van der Waals surface area contributed by atoms with Crippen molar-refractivity contribution in [2.75, 3.05) is 13.7 Å². The van der Waals surface area contributed by atoms with Crippen molar-refractivity contribution in [1.29, 1.82) is 5.26 Å². The number of hydrogen-bond acceptors (Lipinski definition) is 5. The summed E-state index contributed by atoms with van der Waals surface area (Å²) in [4.78, 5) is 0.0868. The van der Waals surface area contributed by atoms with E-state index in [1.54, 1.807) is 6.07 Å². The Morgan fingerprint density at radius 1 is 1.53 bits per heavy atom. The van der Waals surface area contributed by atoms with Crippen LogP contribution < -0.4 is 9.47 Å². The fraction of sp³-hybridized carbons (Fsp3) is 0.222. The maximum Gasteiger partial charge on any atom is 0.174 e. The van der Waals surface area contributed by atoms with Crippen LogP contribution in [-0.4, -0.2) is 22.5 Å². The molecule has 15 heavy (non-hydrogen) atoms. The molecule has 0 saturated heterocycles. The molecule has 0 fully saturated rings. The third kappa shape index (κ3) is 2.94. The summed E-state index contributed by atoms with van der Waals surface area (Å²) in [6.45, 7) is -0.161. The molecule has 1 atom stereocenters. The second-order valence-corrected chi connectivity index (χ2v) is 3.43. The van der Waals surface area contributed by atoms with Gasteiger partial charge in [-0.25, -0.2) is 0 Å². The van der Waals surface area contributed by atoms with Gasteiger partial charge in [-0.2, -0.15) is 5.26 Å². The Morgan fingerprint density at radius 2 is 2.27 bits per heavy atom. The second kappa shape index (κ2) is 5.34. The summed E-state index contributed by atoms with van der Waals surface area (Å²) in [7, 11) is 1.43. The number of nitriles is 1. The second-order valence-electron chi connectivity index (χ2n) is 2.49. The molecule has 0 radical (unpaired) electrons. The van der Waals surface area contributed by atoms with Crippen molar-refractivity contribution >= 4 is 11.1 Å². The molecule has 0 aromatic heterocycles. The quantitative estimate of drug-likeness (QED) is 0.710. The van der Waals surface area contributed by atoms with Gasteiger partial charge in [0.1, 0.15) is 6.07 Å². The van der Waals surface area contributed by atoms with Gasteiger partial charge in [-0.05, 0) is 29.3 Å². The third-order valence-electron chi connectivity index (χ3n) is 1.62. The lowest BCUT2D eigenvalue weighted by molar-refractivity contribution is 0.328. The largest absolute Gasteiger partial charge is 0.768 e. The van der Waals surface area contributed by atoms with Crippen molar-refractivity contribution in [2.45, 2.75) is 4.90 Å². The van der Waals surface area contributed by atoms with Crippen molar-refractivity contribution < 1.29 is 18.2 Å². The molecular formula is C9H8NO4S-. The molecule has 0 saturated carbocycles. The lowest BCUT2D eigenvalue weighted by Crippen LogP contribution is -1.98. The van der Waals surface area contributed by atoms with E-state index in [1.807, 2.05) is 0 Å². The van der Waals surface area contributed by atoms with Crippen molar-refractivity contribution in [3.63, 3.8) is 0 Å². The highest BCUT2D eigenvalue weighted by Crippen LogP contribution is 2.28. The molecular weight excluding hydrogens is 218 g/mol. The fourth-order valence-electron chi connectivity index (χ4n) is 0.984. The Kier molecular flexibility index (Phi) is 4.09. The van der Waals surface area contributed by atoms with Crippen LogP contribution in [0.25, 0.3) is 0 Å². The van der Waals surface area contributed by atoms with Crippen molar-refractivity contribution in [3.05, 3.63) is 18.2 Å². The van der Waals surface area contributed by atoms with E-state index in [0.29, 0.717) is 5.75 Å². The fourth-order valence-corrected chi connectivity index (χ4v) is 1.37. The Morgan fingerprint density at radius 3 is 2.80 bits per heavy atom. The minimum absolute atomic E-state index is 0.0868. The van der Waals surface area contributed by atoms with Crippen LogP contribution in [0, 0.1) is 11.3 Å². The van der Waals surface area contributed by atoms with Crippen LogP contribution in [0.1, 0.15) is 0 Å². The highest BCUT2D eigenvalue weighted by atomic mass is 32.2. The van der Waals surface area contributed by atoms with Gasteiger partial charge in [0.25, 0.3) is 0 Å². The summed E-state index contributed by atoms with van der Waals surface area (Å²) in [6, 6.07) is 5.95. The van der Waals surface area contributed by atoms with Crippen LogP contribution in [0.15, 0.2) is 23.1 Å². The Labute approximate surface area is 89.5 Å². The number of rotatable bonds is 4. The molecule has 0 aliphatic rings. The summed E-state index contributed by atoms with van der Waals surface area (Å²) in [5, 5.41) is 8.33. The molecule has 1 rings (SSSR count). The van der Waals surface area contributed by atoms with Gasteiger partial charge >= 0.3 is 0 Å². The molecule has 0 spiro atoms. The van der Waals surface area contributed by atoms with E-state index in [2.05, 4.69) is 0 Å². The molecule has 0 aliphatic carbocycles. The lowest BCUT2D eigenvalue weighted by Gasteiger charge is -2.11. The Hall–Kier alpha value is -1.58. The van der Waals surface area contributed by atoms with E-state index in [9.17, 15) is 8.76 Å². The number of nitrogens with zero attached hydrogens (tertiary/aromatic N) is 1. The van der Waals surface area contributed by atoms with E-state index in [1.165, 1.54) is 25.3 Å². The molecule has 80 valence electrons. The summed E-state index contributed by atoms with van der Waals surface area (Å²) in [6.07, 6.45) is 0. The molecule has 1 unspecified atom stereocenters. The predicted molar refractivity (Wildman–Crippen MR) is 51.3 cm³/mol. The number of ether oxygens (including phenoxy) is 2. The standard InChI is InChI=1S/C9H9NO4S/c1-13-8-3-2-7(15(11)12)6-9(8)14-5-4-10/h2-3,6H,5H2,1H3,(H,11,12)/p-1. The third-order valence-corrected chi connectivity index (χ3v) is 2.26. The van der Waals surface area contributed by atoms with Crippen LogP contribution in [0.4, 0.5) is 0 Å². The van der Waals surface area contributed by atoms with Crippen LogP contribution in [0.5, 0.6) is 11.5 Å². The maximum atomic E-state index is 10.7. The zero-order valence-electron chi connectivity index (χ0n) is 7.93. The van der Waals surface area contributed by atoms with Gasteiger partial charge < -0.3 is 14.0 Å². The molecule has 1 aromatic rings. The van der Waals surface area contributed by atoms with Gasteiger partial charge in [-0.3, -0.25) is 4.21 Å². The topological polar surface area (TPSA) is 82.4 Å². The predicted octanol–water partition coefficient (Wildman–Crippen LogP) is 0.836. The van der Waals surface area contributed by atoms with Gasteiger partial charge in [0, 0.05) is 4.90 Å². The zero-order valence-corrected chi connectivity index (χ0v) is 8.74. The number of hydrogen-bond donors (Lipinski definition) is 0. The average molecular weight is 226 g/mol. The first-order chi connectivity index (χ1) is 7.19. The molecule has 6 heteroatoms. The van der Waals surface area contributed by atoms with E-state index >= 15 is 0 Å². The first-order valence-electron chi connectivity index (χ1n) is 3.96. The zero-order chi connectivity index (χ0) is 11.3. The van der Waals surface area contributed by atoms with Gasteiger partial charge in [0.15, 0.2) is 18.1 Å².